The van der Waals surface area contributed by atoms with E-state index in [0.717, 1.165) is 37.7 Å². The average Bonchev–Trinajstić information content (AvgIpc) is 3.04. The van der Waals surface area contributed by atoms with E-state index < -0.39 is 16.9 Å². The zero-order valence-corrected chi connectivity index (χ0v) is 22.9. The molecule has 0 amide bonds. The zero-order valence-electron chi connectivity index (χ0n) is 22.9. The normalized spacial score (nSPS) is 42.7. The van der Waals surface area contributed by atoms with Crippen LogP contribution in [0.2, 0.25) is 0 Å². The third-order valence-corrected chi connectivity index (χ3v) is 11.4. The van der Waals surface area contributed by atoms with Crippen molar-refractivity contribution in [2.75, 3.05) is 13.7 Å². The van der Waals surface area contributed by atoms with Crippen molar-refractivity contribution in [2.24, 2.45) is 33.5 Å². The molecule has 2 N–H and O–H groups in total. The summed E-state index contributed by atoms with van der Waals surface area (Å²) in [5, 5.41) is 21.2. The average molecular weight is 487 g/mol. The number of hydrogen-bond acceptors (Lipinski definition) is 5. The summed E-state index contributed by atoms with van der Waals surface area (Å²) in [4.78, 5) is 26.7. The summed E-state index contributed by atoms with van der Waals surface area (Å²) in [5.41, 5.74) is 2.35. The highest BCUT2D eigenvalue weighted by molar-refractivity contribution is 6.02. The van der Waals surface area contributed by atoms with Gasteiger partial charge in [-0.1, -0.05) is 51.3 Å². The summed E-state index contributed by atoms with van der Waals surface area (Å²) >= 11 is 0. The third-order valence-electron chi connectivity index (χ3n) is 11.4. The molecule has 35 heavy (non-hydrogen) atoms. The molecule has 8 atom stereocenters. The van der Waals surface area contributed by atoms with Gasteiger partial charge in [0.25, 0.3) is 0 Å². The van der Waals surface area contributed by atoms with Gasteiger partial charge in [-0.2, -0.15) is 0 Å². The Morgan fingerprint density at radius 1 is 1.14 bits per heavy atom. The number of allylic oxidation sites excluding steroid dienone is 4. The van der Waals surface area contributed by atoms with Crippen LogP contribution < -0.4 is 0 Å². The number of carbonyl (C=O) groups excluding carboxylic acids is 2. The molecule has 4 aliphatic carbocycles. The lowest BCUT2D eigenvalue weighted by atomic mass is 9.43. The Kier molecular flexibility index (Phi) is 6.82. The second kappa shape index (κ2) is 8.92. The van der Waals surface area contributed by atoms with Crippen molar-refractivity contribution in [2.45, 2.75) is 105 Å². The molecule has 0 aromatic carbocycles. The summed E-state index contributed by atoms with van der Waals surface area (Å²) in [6.45, 7) is 12.8. The molecule has 4 aliphatic rings. The molecule has 0 radical (unpaired) electrons. The Balaban J connectivity index is 1.71. The van der Waals surface area contributed by atoms with Crippen molar-refractivity contribution in [3.63, 3.8) is 0 Å². The Hall–Kier alpha value is -1.30. The maximum atomic E-state index is 13.8. The van der Waals surface area contributed by atoms with Gasteiger partial charge in [-0.15, -0.1) is 0 Å². The van der Waals surface area contributed by atoms with Gasteiger partial charge in [0, 0.05) is 24.4 Å². The van der Waals surface area contributed by atoms with Crippen LogP contribution in [0.25, 0.3) is 0 Å². The molecule has 0 heterocycles. The first kappa shape index (κ1) is 26.8. The molecule has 0 aromatic rings. The van der Waals surface area contributed by atoms with Crippen LogP contribution in [-0.4, -0.2) is 47.7 Å². The number of rotatable bonds is 7. The molecule has 5 nitrogen and oxygen atoms in total. The number of ketones is 2. The van der Waals surface area contributed by atoms with Gasteiger partial charge in [0.05, 0.1) is 18.1 Å². The topological polar surface area (TPSA) is 83.8 Å². The fourth-order valence-electron chi connectivity index (χ4n) is 8.91. The second-order valence-electron chi connectivity index (χ2n) is 12.8. The van der Waals surface area contributed by atoms with Gasteiger partial charge in [-0.25, -0.2) is 0 Å². The van der Waals surface area contributed by atoms with Crippen LogP contribution in [-0.2, 0) is 14.3 Å². The molecule has 0 aliphatic heterocycles. The molecular formula is C30H46O5. The van der Waals surface area contributed by atoms with Gasteiger partial charge >= 0.3 is 0 Å². The first-order valence-corrected chi connectivity index (χ1v) is 13.7. The van der Waals surface area contributed by atoms with Gasteiger partial charge in [-0.05, 0) is 75.2 Å². The number of aliphatic hydroxyl groups is 2. The zero-order chi connectivity index (χ0) is 26.0. The van der Waals surface area contributed by atoms with Crippen LogP contribution in [0, 0.1) is 33.5 Å². The number of hydrogen-bond donors (Lipinski definition) is 2. The monoisotopic (exact) mass is 486 g/mol. The fraction of sp³-hybridized carbons (Fsp3) is 0.800. The largest absolute Gasteiger partial charge is 0.396 e. The van der Waals surface area contributed by atoms with Crippen molar-refractivity contribution in [1.82, 2.24) is 0 Å². The standard InChI is InChI=1S/C30H46O5/c1-8-23(35-7)22(32)15-18(2)21-16-26(34)30(6)20-9-10-24-27(3,19(20)11-14-29(21,30)5)13-12-25(33)28(24,4)17-31/h16,18,23-25,31,33H,8-15,17H2,1-7H3/t18-,23-,24-,25+,27-,28-,29-,30-/m1/s1. The number of aliphatic hydroxyl groups excluding tert-OH is 2. The minimum absolute atomic E-state index is 0.000871. The van der Waals surface area contributed by atoms with Gasteiger partial charge in [0.1, 0.15) is 6.10 Å². The molecule has 1 fully saturated rings. The van der Waals surface area contributed by atoms with Gasteiger partial charge in [0.15, 0.2) is 11.6 Å². The summed E-state index contributed by atoms with van der Waals surface area (Å²) < 4.78 is 5.38. The van der Waals surface area contributed by atoms with Gasteiger partial charge in [0.2, 0.25) is 0 Å². The Morgan fingerprint density at radius 3 is 2.43 bits per heavy atom. The number of Topliss-reactive ketones (excluding diaryl/α,β-unsaturated/α-hetero) is 1. The van der Waals surface area contributed by atoms with E-state index in [2.05, 4.69) is 27.7 Å². The molecule has 4 rings (SSSR count). The number of carbonyl (C=O) groups is 2. The van der Waals surface area contributed by atoms with Crippen molar-refractivity contribution >= 4 is 11.6 Å². The van der Waals surface area contributed by atoms with E-state index >= 15 is 0 Å². The fourth-order valence-corrected chi connectivity index (χ4v) is 8.91. The minimum Gasteiger partial charge on any atom is -0.396 e. The van der Waals surface area contributed by atoms with Crippen molar-refractivity contribution in [1.29, 1.82) is 0 Å². The van der Waals surface area contributed by atoms with Crippen molar-refractivity contribution in [3.05, 3.63) is 22.8 Å². The highest BCUT2D eigenvalue weighted by atomic mass is 16.5. The molecule has 196 valence electrons. The van der Waals surface area contributed by atoms with E-state index in [-0.39, 0.29) is 46.9 Å². The first-order valence-electron chi connectivity index (χ1n) is 13.7. The molecule has 0 unspecified atom stereocenters. The van der Waals surface area contributed by atoms with Crippen LogP contribution in [0.3, 0.4) is 0 Å². The Bertz CT molecular complexity index is 960. The van der Waals surface area contributed by atoms with Gasteiger partial charge < -0.3 is 14.9 Å². The number of methoxy groups -OCH3 is 1. The van der Waals surface area contributed by atoms with Crippen LogP contribution in [0.4, 0.5) is 0 Å². The van der Waals surface area contributed by atoms with E-state index in [1.165, 1.54) is 11.1 Å². The van der Waals surface area contributed by atoms with E-state index in [0.29, 0.717) is 19.3 Å². The molecule has 0 aromatic heterocycles. The van der Waals surface area contributed by atoms with Crippen LogP contribution in [0.15, 0.2) is 22.8 Å². The highest BCUT2D eigenvalue weighted by Crippen LogP contribution is 2.70. The van der Waals surface area contributed by atoms with E-state index in [4.69, 9.17) is 4.74 Å². The predicted molar refractivity (Wildman–Crippen MR) is 137 cm³/mol. The molecule has 0 spiro atoms. The van der Waals surface area contributed by atoms with Crippen molar-refractivity contribution < 1.29 is 24.5 Å². The lowest BCUT2D eigenvalue weighted by molar-refractivity contribution is -0.133. The number of ether oxygens (including phenoxy) is 1. The smallest absolute Gasteiger partial charge is 0.166 e. The maximum Gasteiger partial charge on any atom is 0.166 e. The van der Waals surface area contributed by atoms with E-state index in [1.54, 1.807) is 7.11 Å². The first-order chi connectivity index (χ1) is 16.3. The number of fused-ring (bicyclic) bond motifs is 4. The molecule has 1 saturated carbocycles. The minimum atomic E-state index is -0.585. The van der Waals surface area contributed by atoms with Crippen LogP contribution in [0.1, 0.15) is 92.9 Å². The summed E-state index contributed by atoms with van der Waals surface area (Å²) in [7, 11) is 1.59. The lowest BCUT2D eigenvalue weighted by Gasteiger charge is -2.61. The Morgan fingerprint density at radius 2 is 1.83 bits per heavy atom. The summed E-state index contributed by atoms with van der Waals surface area (Å²) in [5.74, 6) is 0.499. The van der Waals surface area contributed by atoms with Gasteiger partial charge in [-0.3, -0.25) is 9.59 Å². The van der Waals surface area contributed by atoms with Crippen LogP contribution in [0.5, 0.6) is 0 Å². The maximum absolute atomic E-state index is 13.8. The highest BCUT2D eigenvalue weighted by Gasteiger charge is 2.64. The SMILES string of the molecule is CC[C@@H](OC)C(=O)C[C@@H](C)C1=CC(=O)[C@@]2(C)C3=C(CC[C@]12C)[C@@]1(C)CC[C@H](O)[C@](C)(CO)[C@@H]1CC3. The van der Waals surface area contributed by atoms with E-state index in [1.807, 2.05) is 19.9 Å². The molecular weight excluding hydrogens is 440 g/mol. The molecule has 0 saturated heterocycles. The lowest BCUT2D eigenvalue weighted by Crippen LogP contribution is -2.57. The predicted octanol–water partition coefficient (Wildman–Crippen LogP) is 5.19. The van der Waals surface area contributed by atoms with Crippen molar-refractivity contribution in [3.8, 4) is 0 Å². The van der Waals surface area contributed by atoms with E-state index in [9.17, 15) is 19.8 Å². The molecule has 5 heteroatoms. The second-order valence-corrected chi connectivity index (χ2v) is 12.8. The quantitative estimate of drug-likeness (QED) is 0.484. The Labute approximate surface area is 211 Å². The third kappa shape index (κ3) is 3.51. The van der Waals surface area contributed by atoms with Crippen LogP contribution >= 0.6 is 0 Å². The molecule has 0 bridgehead atoms. The summed E-state index contributed by atoms with van der Waals surface area (Å²) in [6, 6.07) is 0. The summed E-state index contributed by atoms with van der Waals surface area (Å²) in [6.07, 6.45) is 7.19.